The molecule has 0 fully saturated rings. The Morgan fingerprint density at radius 3 is 2.74 bits per heavy atom. The van der Waals surface area contributed by atoms with Gasteiger partial charge in [0.2, 0.25) is 0 Å². The molecule has 0 radical (unpaired) electrons. The molecule has 1 aromatic carbocycles. The first-order valence-electron chi connectivity index (χ1n) is 7.00. The van der Waals surface area contributed by atoms with Crippen LogP contribution in [0.1, 0.15) is 26.7 Å². The van der Waals surface area contributed by atoms with Crippen molar-refractivity contribution in [1.82, 2.24) is 9.88 Å². The van der Waals surface area contributed by atoms with Gasteiger partial charge in [-0.25, -0.2) is 0 Å². The monoisotopic (exact) mass is 258 g/mol. The number of nitrogens with one attached hydrogen (secondary N) is 1. The standard InChI is InChI=1S/C16H22N2O/c1-13(2)17-10-5-6-11-18-12-9-16(19)14-7-3-4-8-15(14)18/h3-4,7-9,12-13,17H,5-6,10-11H2,1-2H3. The topological polar surface area (TPSA) is 34.0 Å². The van der Waals surface area contributed by atoms with E-state index >= 15 is 0 Å². The third-order valence-electron chi connectivity index (χ3n) is 3.26. The molecule has 102 valence electrons. The number of hydrogen-bond acceptors (Lipinski definition) is 2. The Hall–Kier alpha value is -1.61. The summed E-state index contributed by atoms with van der Waals surface area (Å²) in [6.07, 6.45) is 4.17. The summed E-state index contributed by atoms with van der Waals surface area (Å²) in [6, 6.07) is 10.0. The molecule has 0 amide bonds. The van der Waals surface area contributed by atoms with E-state index in [4.69, 9.17) is 0 Å². The summed E-state index contributed by atoms with van der Waals surface area (Å²) in [5.41, 5.74) is 1.14. The molecular formula is C16H22N2O. The van der Waals surface area contributed by atoms with E-state index in [-0.39, 0.29) is 5.43 Å². The molecule has 2 rings (SSSR count). The molecule has 0 saturated carbocycles. The van der Waals surface area contributed by atoms with Crippen molar-refractivity contribution >= 4 is 10.9 Å². The van der Waals surface area contributed by atoms with E-state index in [9.17, 15) is 4.79 Å². The average molecular weight is 258 g/mol. The van der Waals surface area contributed by atoms with E-state index in [0.29, 0.717) is 6.04 Å². The van der Waals surface area contributed by atoms with Gasteiger partial charge < -0.3 is 9.88 Å². The van der Waals surface area contributed by atoms with Crippen LogP contribution >= 0.6 is 0 Å². The minimum absolute atomic E-state index is 0.105. The van der Waals surface area contributed by atoms with Gasteiger partial charge in [0, 0.05) is 30.2 Å². The molecule has 0 unspecified atom stereocenters. The van der Waals surface area contributed by atoms with Crippen LogP contribution in [0.15, 0.2) is 41.3 Å². The van der Waals surface area contributed by atoms with Crippen LogP contribution in [0.2, 0.25) is 0 Å². The maximum absolute atomic E-state index is 11.8. The SMILES string of the molecule is CC(C)NCCCCn1ccc(=O)c2ccccc21. The number of hydrogen-bond donors (Lipinski definition) is 1. The Morgan fingerprint density at radius 2 is 1.95 bits per heavy atom. The molecule has 0 aliphatic carbocycles. The van der Waals surface area contributed by atoms with Crippen LogP contribution in [0.4, 0.5) is 0 Å². The molecule has 0 saturated heterocycles. The summed E-state index contributed by atoms with van der Waals surface area (Å²) >= 11 is 0. The summed E-state index contributed by atoms with van der Waals surface area (Å²) in [6.45, 7) is 6.33. The largest absolute Gasteiger partial charge is 0.347 e. The molecule has 3 heteroatoms. The van der Waals surface area contributed by atoms with Crippen LogP contribution in [0.5, 0.6) is 0 Å². The fourth-order valence-electron chi connectivity index (χ4n) is 2.25. The van der Waals surface area contributed by atoms with Crippen molar-refractivity contribution < 1.29 is 0 Å². The quantitative estimate of drug-likeness (QED) is 0.808. The van der Waals surface area contributed by atoms with Crippen molar-refractivity contribution in [2.45, 2.75) is 39.3 Å². The number of para-hydroxylation sites is 1. The zero-order chi connectivity index (χ0) is 13.7. The van der Waals surface area contributed by atoms with Crippen LogP contribution in [-0.2, 0) is 6.54 Å². The Bertz CT molecular complexity index is 587. The van der Waals surface area contributed by atoms with Gasteiger partial charge in [-0.1, -0.05) is 26.0 Å². The molecule has 3 nitrogen and oxygen atoms in total. The van der Waals surface area contributed by atoms with Crippen molar-refractivity contribution in [3.05, 3.63) is 46.8 Å². The molecule has 0 aliphatic heterocycles. The second kappa shape index (κ2) is 6.53. The van der Waals surface area contributed by atoms with Gasteiger partial charge in [0.1, 0.15) is 0 Å². The molecule has 1 aromatic heterocycles. The van der Waals surface area contributed by atoms with Crippen molar-refractivity contribution in [3.63, 3.8) is 0 Å². The molecule has 0 aliphatic rings. The van der Waals surface area contributed by atoms with Crippen molar-refractivity contribution in [1.29, 1.82) is 0 Å². The van der Waals surface area contributed by atoms with E-state index in [1.54, 1.807) is 6.07 Å². The Morgan fingerprint density at radius 1 is 1.16 bits per heavy atom. The number of aryl methyl sites for hydroxylation is 1. The predicted molar refractivity (Wildman–Crippen MR) is 80.6 cm³/mol. The van der Waals surface area contributed by atoms with Gasteiger partial charge in [-0.05, 0) is 31.5 Å². The van der Waals surface area contributed by atoms with E-state index in [2.05, 4.69) is 23.7 Å². The number of benzene rings is 1. The normalized spacial score (nSPS) is 11.3. The summed E-state index contributed by atoms with van der Waals surface area (Å²) < 4.78 is 2.17. The highest BCUT2D eigenvalue weighted by Crippen LogP contribution is 2.10. The van der Waals surface area contributed by atoms with Gasteiger partial charge in [0.25, 0.3) is 0 Å². The number of pyridine rings is 1. The maximum Gasteiger partial charge on any atom is 0.189 e. The molecule has 0 spiro atoms. The van der Waals surface area contributed by atoms with Crippen LogP contribution in [0, 0.1) is 0 Å². The number of rotatable bonds is 6. The predicted octanol–water partition coefficient (Wildman–Crippen LogP) is 2.78. The third kappa shape index (κ3) is 3.67. The third-order valence-corrected chi connectivity index (χ3v) is 3.26. The van der Waals surface area contributed by atoms with Crippen LogP contribution in [0.25, 0.3) is 10.9 Å². The average Bonchev–Trinajstić information content (AvgIpc) is 2.41. The van der Waals surface area contributed by atoms with E-state index in [1.165, 1.54) is 0 Å². The van der Waals surface area contributed by atoms with E-state index < -0.39 is 0 Å². The fraction of sp³-hybridized carbons (Fsp3) is 0.438. The van der Waals surface area contributed by atoms with Gasteiger partial charge in [-0.15, -0.1) is 0 Å². The summed E-state index contributed by atoms with van der Waals surface area (Å²) in [5, 5.41) is 4.23. The van der Waals surface area contributed by atoms with Gasteiger partial charge in [0.15, 0.2) is 5.43 Å². The highest BCUT2D eigenvalue weighted by atomic mass is 16.1. The van der Waals surface area contributed by atoms with Crippen LogP contribution in [-0.4, -0.2) is 17.2 Å². The highest BCUT2D eigenvalue weighted by Gasteiger charge is 2.01. The van der Waals surface area contributed by atoms with Crippen LogP contribution in [0.3, 0.4) is 0 Å². The highest BCUT2D eigenvalue weighted by molar-refractivity contribution is 5.78. The molecule has 0 bridgehead atoms. The Kier molecular flexibility index (Phi) is 4.74. The lowest BCUT2D eigenvalue weighted by Gasteiger charge is -2.11. The fourth-order valence-corrected chi connectivity index (χ4v) is 2.25. The molecule has 0 atom stereocenters. The Labute approximate surface area is 114 Å². The first kappa shape index (κ1) is 13.8. The number of aromatic nitrogens is 1. The maximum atomic E-state index is 11.8. The van der Waals surface area contributed by atoms with Gasteiger partial charge in [0.05, 0.1) is 5.52 Å². The summed E-state index contributed by atoms with van der Waals surface area (Å²) in [5.74, 6) is 0. The minimum atomic E-state index is 0.105. The second-order valence-electron chi connectivity index (χ2n) is 5.21. The van der Waals surface area contributed by atoms with E-state index in [0.717, 1.165) is 36.8 Å². The molecular weight excluding hydrogens is 236 g/mol. The van der Waals surface area contributed by atoms with Gasteiger partial charge in [-0.3, -0.25) is 4.79 Å². The zero-order valence-corrected chi connectivity index (χ0v) is 11.7. The Balaban J connectivity index is 2.01. The van der Waals surface area contributed by atoms with Crippen molar-refractivity contribution in [3.8, 4) is 0 Å². The first-order chi connectivity index (χ1) is 9.18. The number of unbranched alkanes of at least 4 members (excludes halogenated alkanes) is 1. The smallest absolute Gasteiger partial charge is 0.189 e. The van der Waals surface area contributed by atoms with Crippen molar-refractivity contribution in [2.75, 3.05) is 6.54 Å². The van der Waals surface area contributed by atoms with Crippen molar-refractivity contribution in [2.24, 2.45) is 0 Å². The van der Waals surface area contributed by atoms with Crippen LogP contribution < -0.4 is 10.7 Å². The first-order valence-corrected chi connectivity index (χ1v) is 7.00. The van der Waals surface area contributed by atoms with E-state index in [1.807, 2.05) is 30.5 Å². The number of nitrogens with zero attached hydrogens (tertiary/aromatic N) is 1. The second-order valence-corrected chi connectivity index (χ2v) is 5.21. The molecule has 1 N–H and O–H groups in total. The molecule has 1 heterocycles. The number of fused-ring (bicyclic) bond motifs is 1. The van der Waals surface area contributed by atoms with Gasteiger partial charge in [-0.2, -0.15) is 0 Å². The van der Waals surface area contributed by atoms with Gasteiger partial charge >= 0.3 is 0 Å². The lowest BCUT2D eigenvalue weighted by atomic mass is 10.2. The summed E-state index contributed by atoms with van der Waals surface area (Å²) in [7, 11) is 0. The lowest BCUT2D eigenvalue weighted by Crippen LogP contribution is -2.23. The summed E-state index contributed by atoms with van der Waals surface area (Å²) in [4.78, 5) is 11.8. The zero-order valence-electron chi connectivity index (χ0n) is 11.7. The molecule has 2 aromatic rings. The minimum Gasteiger partial charge on any atom is -0.347 e. The lowest BCUT2D eigenvalue weighted by molar-refractivity contribution is 0.535. The molecule has 19 heavy (non-hydrogen) atoms.